The average molecular weight is 319 g/mol. The van der Waals surface area contributed by atoms with Crippen LogP contribution in [0.3, 0.4) is 0 Å². The smallest absolute Gasteiger partial charge is 0.304 e. The lowest BCUT2D eigenvalue weighted by Gasteiger charge is -2.18. The minimum absolute atomic E-state index is 0.0375. The highest BCUT2D eigenvalue weighted by molar-refractivity contribution is 7.91. The van der Waals surface area contributed by atoms with Gasteiger partial charge < -0.3 is 5.32 Å². The molecule has 20 heavy (non-hydrogen) atoms. The summed E-state index contributed by atoms with van der Waals surface area (Å²) < 4.78 is 26.5. The van der Waals surface area contributed by atoms with Gasteiger partial charge in [0.05, 0.1) is 4.92 Å². The molecule has 1 N–H and O–H groups in total. The van der Waals surface area contributed by atoms with E-state index in [4.69, 9.17) is 0 Å². The molecule has 0 saturated carbocycles. The molecule has 112 valence electrons. The van der Waals surface area contributed by atoms with Gasteiger partial charge in [-0.3, -0.25) is 10.1 Å². The maximum Gasteiger partial charge on any atom is 0.304 e. The summed E-state index contributed by atoms with van der Waals surface area (Å²) in [4.78, 5) is 10.4. The van der Waals surface area contributed by atoms with Crippen molar-refractivity contribution in [3.63, 3.8) is 0 Å². The summed E-state index contributed by atoms with van der Waals surface area (Å²) in [7, 11) is -2.08. The first kappa shape index (κ1) is 15.2. The zero-order valence-electron chi connectivity index (χ0n) is 11.2. The Morgan fingerprint density at radius 1 is 1.30 bits per heavy atom. The Bertz CT molecular complexity index is 589. The van der Waals surface area contributed by atoms with Crippen LogP contribution < -0.4 is 5.32 Å². The van der Waals surface area contributed by atoms with Gasteiger partial charge >= 0.3 is 5.69 Å². The molecule has 1 aromatic heterocycles. The molecule has 9 heteroatoms. The van der Waals surface area contributed by atoms with Crippen molar-refractivity contribution in [2.24, 2.45) is 0 Å². The van der Waals surface area contributed by atoms with Crippen LogP contribution in [0.1, 0.15) is 25.7 Å². The van der Waals surface area contributed by atoms with E-state index in [1.807, 2.05) is 0 Å². The standard InChI is InChI=1S/C11H17N3O4S2/c1-12-11-9(14(15)16)8-10(19-11)20(17,18)13-6-4-2-3-5-7-13/h8,12H,2-7H2,1H3. The van der Waals surface area contributed by atoms with Crippen molar-refractivity contribution >= 4 is 32.0 Å². The van der Waals surface area contributed by atoms with E-state index in [9.17, 15) is 18.5 Å². The summed E-state index contributed by atoms with van der Waals surface area (Å²) in [5.74, 6) is 0. The fraction of sp³-hybridized carbons (Fsp3) is 0.636. The summed E-state index contributed by atoms with van der Waals surface area (Å²) in [6.45, 7) is 0.978. The number of hydrogen-bond acceptors (Lipinski definition) is 6. The van der Waals surface area contributed by atoms with Crippen LogP contribution in [0.25, 0.3) is 0 Å². The highest BCUT2D eigenvalue weighted by Crippen LogP contribution is 2.38. The van der Waals surface area contributed by atoms with Crippen molar-refractivity contribution in [3.8, 4) is 0 Å². The molecule has 0 bridgehead atoms. The number of hydrogen-bond donors (Lipinski definition) is 1. The van der Waals surface area contributed by atoms with E-state index in [2.05, 4.69) is 5.32 Å². The SMILES string of the molecule is CNc1sc(S(=O)(=O)N2CCCCCC2)cc1[N+](=O)[O-]. The van der Waals surface area contributed by atoms with Crippen molar-refractivity contribution in [2.45, 2.75) is 29.9 Å². The number of thiophene rings is 1. The van der Waals surface area contributed by atoms with Crippen molar-refractivity contribution in [3.05, 3.63) is 16.2 Å². The second kappa shape index (κ2) is 6.06. The summed E-state index contributed by atoms with van der Waals surface area (Å²) in [6, 6.07) is 1.15. The van der Waals surface area contributed by atoms with Crippen LogP contribution in [0.4, 0.5) is 10.7 Å². The largest absolute Gasteiger partial charge is 0.374 e. The maximum absolute atomic E-state index is 12.5. The molecule has 2 rings (SSSR count). The predicted molar refractivity (Wildman–Crippen MR) is 77.7 cm³/mol. The average Bonchev–Trinajstić information content (AvgIpc) is 2.66. The van der Waals surface area contributed by atoms with Crippen LogP contribution in [0.15, 0.2) is 10.3 Å². The van der Waals surface area contributed by atoms with E-state index >= 15 is 0 Å². The minimum Gasteiger partial charge on any atom is -0.374 e. The van der Waals surface area contributed by atoms with E-state index in [1.54, 1.807) is 7.05 Å². The van der Waals surface area contributed by atoms with Gasteiger partial charge in [0.15, 0.2) is 5.00 Å². The lowest BCUT2D eigenvalue weighted by Crippen LogP contribution is -2.31. The first-order valence-electron chi connectivity index (χ1n) is 6.43. The van der Waals surface area contributed by atoms with Gasteiger partial charge in [0, 0.05) is 26.2 Å². The van der Waals surface area contributed by atoms with Crippen molar-refractivity contribution in [2.75, 3.05) is 25.5 Å². The van der Waals surface area contributed by atoms with E-state index in [0.29, 0.717) is 13.1 Å². The summed E-state index contributed by atoms with van der Waals surface area (Å²) >= 11 is 0.913. The number of sulfonamides is 1. The molecule has 1 fully saturated rings. The Balaban J connectivity index is 2.35. The van der Waals surface area contributed by atoms with Gasteiger partial charge in [0.25, 0.3) is 10.0 Å². The molecule has 1 aliphatic rings. The van der Waals surface area contributed by atoms with E-state index in [0.717, 1.165) is 43.1 Å². The molecule has 0 unspecified atom stereocenters. The first-order chi connectivity index (χ1) is 9.46. The molecule has 0 aliphatic carbocycles. The number of nitrogens with one attached hydrogen (secondary N) is 1. The molecular formula is C11H17N3O4S2. The van der Waals surface area contributed by atoms with Crippen LogP contribution in [0, 0.1) is 10.1 Å². The van der Waals surface area contributed by atoms with E-state index in [1.165, 1.54) is 4.31 Å². The third-order valence-corrected chi connectivity index (χ3v) is 6.76. The number of nitrogens with zero attached hydrogens (tertiary/aromatic N) is 2. The van der Waals surface area contributed by atoms with Crippen molar-refractivity contribution in [1.29, 1.82) is 0 Å². The molecule has 1 aliphatic heterocycles. The van der Waals surface area contributed by atoms with Crippen LogP contribution >= 0.6 is 11.3 Å². The maximum atomic E-state index is 12.5. The number of rotatable bonds is 4. The van der Waals surface area contributed by atoms with Gasteiger partial charge in [-0.1, -0.05) is 24.2 Å². The Labute approximate surface area is 121 Å². The summed E-state index contributed by atoms with van der Waals surface area (Å²) in [5, 5.41) is 13.9. The lowest BCUT2D eigenvalue weighted by molar-refractivity contribution is -0.383. The van der Waals surface area contributed by atoms with E-state index in [-0.39, 0.29) is 14.9 Å². The van der Waals surface area contributed by atoms with Crippen LogP contribution in [-0.4, -0.2) is 37.8 Å². The molecular weight excluding hydrogens is 302 g/mol. The normalized spacial score (nSPS) is 17.6. The Kier molecular flexibility index (Phi) is 4.61. The Morgan fingerprint density at radius 2 is 1.90 bits per heavy atom. The zero-order chi connectivity index (χ0) is 14.8. The Hall–Kier alpha value is -1.19. The van der Waals surface area contributed by atoms with Gasteiger partial charge in [-0.05, 0) is 12.8 Å². The van der Waals surface area contributed by atoms with Crippen molar-refractivity contribution < 1.29 is 13.3 Å². The second-order valence-corrected chi connectivity index (χ2v) is 7.82. The van der Waals surface area contributed by atoms with Crippen LogP contribution in [-0.2, 0) is 10.0 Å². The molecule has 0 aromatic carbocycles. The third kappa shape index (κ3) is 2.94. The summed E-state index contributed by atoms with van der Waals surface area (Å²) in [5.41, 5.74) is -0.189. The van der Waals surface area contributed by atoms with Crippen LogP contribution in [0.2, 0.25) is 0 Å². The second-order valence-electron chi connectivity index (χ2n) is 4.61. The fourth-order valence-electron chi connectivity index (χ4n) is 2.21. The first-order valence-corrected chi connectivity index (χ1v) is 8.68. The fourth-order valence-corrected chi connectivity index (χ4v) is 5.16. The highest BCUT2D eigenvalue weighted by Gasteiger charge is 2.30. The third-order valence-electron chi connectivity index (χ3n) is 3.27. The highest BCUT2D eigenvalue weighted by atomic mass is 32.2. The minimum atomic E-state index is -3.62. The molecule has 0 radical (unpaired) electrons. The number of anilines is 1. The topological polar surface area (TPSA) is 92.6 Å². The van der Waals surface area contributed by atoms with Gasteiger partial charge in [-0.15, -0.1) is 0 Å². The van der Waals surface area contributed by atoms with Gasteiger partial charge in [0.2, 0.25) is 0 Å². The van der Waals surface area contributed by atoms with E-state index < -0.39 is 14.9 Å². The van der Waals surface area contributed by atoms with Gasteiger partial charge in [-0.25, -0.2) is 8.42 Å². The number of nitro groups is 1. The molecule has 0 amide bonds. The predicted octanol–water partition coefficient (Wildman–Crippen LogP) is 2.26. The lowest BCUT2D eigenvalue weighted by atomic mass is 10.2. The molecule has 0 spiro atoms. The van der Waals surface area contributed by atoms with Crippen molar-refractivity contribution in [1.82, 2.24) is 4.31 Å². The molecule has 2 heterocycles. The molecule has 7 nitrogen and oxygen atoms in total. The van der Waals surface area contributed by atoms with Crippen LogP contribution in [0.5, 0.6) is 0 Å². The summed E-state index contributed by atoms with van der Waals surface area (Å²) in [6.07, 6.45) is 3.73. The van der Waals surface area contributed by atoms with Gasteiger partial charge in [0.1, 0.15) is 4.21 Å². The van der Waals surface area contributed by atoms with Gasteiger partial charge in [-0.2, -0.15) is 4.31 Å². The molecule has 1 aromatic rings. The molecule has 0 atom stereocenters. The zero-order valence-corrected chi connectivity index (χ0v) is 12.8. The quantitative estimate of drug-likeness (QED) is 0.679. The Morgan fingerprint density at radius 3 is 2.35 bits per heavy atom. The molecule has 1 saturated heterocycles. The monoisotopic (exact) mass is 319 g/mol.